The molecule has 0 radical (unpaired) electrons. The summed E-state index contributed by atoms with van der Waals surface area (Å²) in [4.78, 5) is 28.4. The molecule has 2 amide bonds. The molecule has 2 aromatic carbocycles. The van der Waals surface area contributed by atoms with Crippen LogP contribution in [0.1, 0.15) is 17.3 Å². The van der Waals surface area contributed by atoms with E-state index in [0.717, 1.165) is 0 Å². The van der Waals surface area contributed by atoms with E-state index in [2.05, 4.69) is 20.4 Å². The summed E-state index contributed by atoms with van der Waals surface area (Å²) >= 11 is 12.2. The molecule has 0 fully saturated rings. The molecule has 2 heterocycles. The molecule has 0 atom stereocenters. The fraction of sp³-hybridized carbons (Fsp3) is 0.0952. The van der Waals surface area contributed by atoms with E-state index in [9.17, 15) is 18.4 Å². The van der Waals surface area contributed by atoms with Gasteiger partial charge in [-0.2, -0.15) is 8.78 Å². The van der Waals surface area contributed by atoms with Crippen molar-refractivity contribution in [3.8, 4) is 5.75 Å². The monoisotopic (exact) mass is 502 g/mol. The Labute approximate surface area is 217 Å². The normalized spacial score (nSPS) is 10.8. The van der Waals surface area contributed by atoms with Crippen molar-refractivity contribution in [2.75, 3.05) is 10.6 Å². The maximum atomic E-state index is 13.1. The van der Waals surface area contributed by atoms with Crippen molar-refractivity contribution in [1.82, 2.24) is 4.98 Å². The maximum absolute atomic E-state index is 13.1. The van der Waals surface area contributed by atoms with Crippen molar-refractivity contribution in [2.24, 2.45) is 0 Å². The number of carbonyl (C=O) groups is 2. The van der Waals surface area contributed by atoms with Crippen LogP contribution in [0.3, 0.4) is 0 Å². The number of pyridine rings is 1. The van der Waals surface area contributed by atoms with Crippen LogP contribution in [0.15, 0.2) is 47.1 Å². The van der Waals surface area contributed by atoms with Crippen molar-refractivity contribution < 1.29 is 57.1 Å². The Balaban J connectivity index is 0.00000306. The van der Waals surface area contributed by atoms with E-state index < -0.39 is 12.5 Å². The van der Waals surface area contributed by atoms with E-state index in [0.29, 0.717) is 16.7 Å². The number of hydrogen-bond acceptors (Lipinski definition) is 5. The summed E-state index contributed by atoms with van der Waals surface area (Å²) in [5.74, 6) is -1.18. The first-order chi connectivity index (χ1) is 15.2. The first-order valence-corrected chi connectivity index (χ1v) is 9.82. The first kappa shape index (κ1) is 25.2. The van der Waals surface area contributed by atoms with Gasteiger partial charge >= 0.3 is 36.2 Å². The maximum Gasteiger partial charge on any atom is 1.00 e. The number of aromatic nitrogens is 1. The van der Waals surface area contributed by atoms with Gasteiger partial charge in [0.25, 0.3) is 5.91 Å². The van der Waals surface area contributed by atoms with E-state index in [4.69, 9.17) is 27.6 Å². The van der Waals surface area contributed by atoms with E-state index in [1.54, 1.807) is 18.2 Å². The topological polar surface area (TPSA) is 93.5 Å². The number of hydrogen-bond donors (Lipinski definition) is 2. The number of rotatable bonds is 5. The van der Waals surface area contributed by atoms with Gasteiger partial charge in [0.1, 0.15) is 5.58 Å². The molecule has 0 aliphatic carbocycles. The predicted octanol–water partition coefficient (Wildman–Crippen LogP) is 3.10. The summed E-state index contributed by atoms with van der Waals surface area (Å²) in [7, 11) is 0. The third-order valence-electron chi connectivity index (χ3n) is 4.46. The summed E-state index contributed by atoms with van der Waals surface area (Å²) in [6, 6.07) is 7.22. The number of furan rings is 1. The number of nitrogens with zero attached hydrogens (tertiary/aromatic N) is 1. The first-order valence-electron chi connectivity index (χ1n) is 9.06. The molecular formula is C21H13Cl2F2N3NaO4+. The standard InChI is InChI=1S/C21H13Cl2F2N3O4.Na/c1-9(29)27-10-2-4-15-12(6-10)17-11(3-5-16(19(17)31-15)32-21(24)25)20(30)28-18-13(22)7-26-8-14(18)23;/h2-8,21H,1H3,(H,27,29)(H,26,28,30);/q;+1. The van der Waals surface area contributed by atoms with Crippen LogP contribution in [-0.4, -0.2) is 23.4 Å². The second kappa shape index (κ2) is 10.2. The number of nitrogens with one attached hydrogen (secondary N) is 2. The van der Waals surface area contributed by atoms with Gasteiger partial charge in [0, 0.05) is 35.8 Å². The fourth-order valence-corrected chi connectivity index (χ4v) is 3.69. The van der Waals surface area contributed by atoms with E-state index in [1.807, 2.05) is 0 Å². The minimum atomic E-state index is -3.10. The number of alkyl halides is 2. The number of ether oxygens (including phenoxy) is 1. The average Bonchev–Trinajstić information content (AvgIpc) is 3.09. The average molecular weight is 503 g/mol. The smallest absolute Gasteiger partial charge is 0.452 e. The largest absolute Gasteiger partial charge is 1.00 e. The quantitative estimate of drug-likeness (QED) is 0.409. The third kappa shape index (κ3) is 5.23. The van der Waals surface area contributed by atoms with Gasteiger partial charge in [0.05, 0.1) is 21.3 Å². The molecule has 0 unspecified atom stereocenters. The van der Waals surface area contributed by atoms with Crippen LogP contribution in [-0.2, 0) is 4.79 Å². The molecule has 33 heavy (non-hydrogen) atoms. The van der Waals surface area contributed by atoms with Gasteiger partial charge in [-0.25, -0.2) is 0 Å². The zero-order valence-corrected chi connectivity index (χ0v) is 20.7. The zero-order valence-electron chi connectivity index (χ0n) is 17.2. The molecule has 2 N–H and O–H groups in total. The summed E-state index contributed by atoms with van der Waals surface area (Å²) in [6.07, 6.45) is 2.62. The number of fused-ring (bicyclic) bond motifs is 3. The van der Waals surface area contributed by atoms with Gasteiger partial charge < -0.3 is 19.8 Å². The molecule has 2 aromatic heterocycles. The Hall–Kier alpha value is -2.43. The van der Waals surface area contributed by atoms with Gasteiger partial charge in [-0.05, 0) is 30.3 Å². The van der Waals surface area contributed by atoms with Crippen molar-refractivity contribution in [2.45, 2.75) is 13.5 Å². The summed E-state index contributed by atoms with van der Waals surface area (Å²) < 4.78 is 36.1. The van der Waals surface area contributed by atoms with Gasteiger partial charge in [-0.1, -0.05) is 23.2 Å². The van der Waals surface area contributed by atoms with Crippen LogP contribution in [0, 0.1) is 0 Å². The van der Waals surface area contributed by atoms with Crippen molar-refractivity contribution in [3.63, 3.8) is 0 Å². The van der Waals surface area contributed by atoms with Gasteiger partial charge in [0.15, 0.2) is 11.3 Å². The molecule has 0 aliphatic heterocycles. The Morgan fingerprint density at radius 2 is 1.79 bits per heavy atom. The summed E-state index contributed by atoms with van der Waals surface area (Å²) in [5.41, 5.74) is 0.901. The molecule has 0 spiro atoms. The summed E-state index contributed by atoms with van der Waals surface area (Å²) in [5, 5.41) is 6.08. The number of halogens is 4. The van der Waals surface area contributed by atoms with Gasteiger partial charge in [-0.3, -0.25) is 14.6 Å². The van der Waals surface area contributed by atoms with Crippen LogP contribution in [0.4, 0.5) is 20.2 Å². The van der Waals surface area contributed by atoms with Gasteiger partial charge in [0.2, 0.25) is 5.91 Å². The molecular weight excluding hydrogens is 490 g/mol. The molecule has 7 nitrogen and oxygen atoms in total. The van der Waals surface area contributed by atoms with E-state index in [1.165, 1.54) is 31.5 Å². The van der Waals surface area contributed by atoms with Crippen molar-refractivity contribution >= 4 is 68.3 Å². The Morgan fingerprint density at radius 1 is 1.09 bits per heavy atom. The molecule has 12 heteroatoms. The van der Waals surface area contributed by atoms with Crippen LogP contribution in [0.25, 0.3) is 21.9 Å². The number of amides is 2. The minimum Gasteiger partial charge on any atom is -0.452 e. The molecule has 4 rings (SSSR count). The fourth-order valence-electron chi connectivity index (χ4n) is 3.23. The van der Waals surface area contributed by atoms with Crippen molar-refractivity contribution in [1.29, 1.82) is 0 Å². The number of benzene rings is 2. The van der Waals surface area contributed by atoms with Crippen LogP contribution in [0.2, 0.25) is 10.0 Å². The Morgan fingerprint density at radius 3 is 2.42 bits per heavy atom. The van der Waals surface area contributed by atoms with E-state index >= 15 is 0 Å². The predicted molar refractivity (Wildman–Crippen MR) is 117 cm³/mol. The second-order valence-electron chi connectivity index (χ2n) is 6.62. The zero-order chi connectivity index (χ0) is 23.0. The van der Waals surface area contributed by atoms with Crippen LogP contribution >= 0.6 is 23.2 Å². The molecule has 0 saturated heterocycles. The van der Waals surface area contributed by atoms with Crippen LogP contribution in [0.5, 0.6) is 5.75 Å². The number of anilines is 2. The molecule has 0 bridgehead atoms. The Bertz CT molecular complexity index is 1360. The third-order valence-corrected chi connectivity index (χ3v) is 5.03. The minimum absolute atomic E-state index is 0. The van der Waals surface area contributed by atoms with Gasteiger partial charge in [-0.15, -0.1) is 0 Å². The number of carbonyl (C=O) groups excluding carboxylic acids is 2. The van der Waals surface area contributed by atoms with Crippen molar-refractivity contribution in [3.05, 3.63) is 58.3 Å². The second-order valence-corrected chi connectivity index (χ2v) is 7.43. The van der Waals surface area contributed by atoms with E-state index in [-0.39, 0.29) is 73.5 Å². The van der Waals surface area contributed by atoms with Crippen LogP contribution < -0.4 is 44.9 Å². The SMILES string of the molecule is CC(=O)Nc1ccc2oc3c(OC(F)F)ccc(C(=O)Nc4c(Cl)cncc4Cl)c3c2c1.[Na+]. The summed E-state index contributed by atoms with van der Waals surface area (Å²) in [6.45, 7) is -1.76. The molecule has 4 aromatic rings. The Kier molecular flexibility index (Phi) is 7.81. The molecule has 164 valence electrons. The molecule has 0 saturated carbocycles. The molecule has 0 aliphatic rings.